The first kappa shape index (κ1) is 22.5. The molecule has 0 atom stereocenters. The van der Waals surface area contributed by atoms with Gasteiger partial charge in [-0.25, -0.2) is 13.8 Å². The molecule has 8 nitrogen and oxygen atoms in total. The standard InChI is InChI=1S/C20H21F2N3O5Si/c1-31(2,3)7-6-29-12-24-10-13(11-26)18-17(4-5-23-20(18)24)30-19-15(21)8-14(25(27)28)9-16(19)22/h4-5,8-11H,6-7,12H2,1-3H3. The van der Waals surface area contributed by atoms with Gasteiger partial charge in [-0.15, -0.1) is 0 Å². The van der Waals surface area contributed by atoms with Gasteiger partial charge in [-0.2, -0.15) is 0 Å². The van der Waals surface area contributed by atoms with Crippen molar-refractivity contribution >= 4 is 31.1 Å². The molecule has 0 radical (unpaired) electrons. The zero-order chi connectivity index (χ0) is 22.8. The number of pyridine rings is 1. The summed E-state index contributed by atoms with van der Waals surface area (Å²) in [5.74, 6) is -3.30. The lowest BCUT2D eigenvalue weighted by atomic mass is 10.2. The molecule has 0 aliphatic rings. The number of rotatable bonds is 9. The Morgan fingerprint density at radius 1 is 1.26 bits per heavy atom. The number of nitro benzene ring substituents is 1. The van der Waals surface area contributed by atoms with E-state index in [9.17, 15) is 23.7 Å². The molecular weight excluding hydrogens is 428 g/mol. The van der Waals surface area contributed by atoms with Crippen LogP contribution < -0.4 is 4.74 Å². The molecule has 0 N–H and O–H groups in total. The smallest absolute Gasteiger partial charge is 0.275 e. The Kier molecular flexibility index (Phi) is 6.46. The van der Waals surface area contributed by atoms with Crippen molar-refractivity contribution < 1.29 is 28.0 Å². The Balaban J connectivity index is 1.93. The summed E-state index contributed by atoms with van der Waals surface area (Å²) in [5, 5.41) is 11.0. The summed E-state index contributed by atoms with van der Waals surface area (Å²) in [7, 11) is -1.26. The minimum atomic E-state index is -1.26. The first-order valence-electron chi connectivity index (χ1n) is 9.43. The SMILES string of the molecule is C[Si](C)(C)CCOCn1cc(C=O)c2c(Oc3c(F)cc([N+](=O)[O-])cc3F)ccnc21. The van der Waals surface area contributed by atoms with Gasteiger partial charge >= 0.3 is 0 Å². The van der Waals surface area contributed by atoms with Gasteiger partial charge in [0, 0.05) is 32.6 Å². The number of aldehydes is 1. The third-order valence-corrected chi connectivity index (χ3v) is 6.21. The zero-order valence-corrected chi connectivity index (χ0v) is 18.2. The fraction of sp³-hybridized carbons (Fsp3) is 0.300. The van der Waals surface area contributed by atoms with Crippen LogP contribution in [-0.4, -0.2) is 35.4 Å². The van der Waals surface area contributed by atoms with Crippen LogP contribution in [0.4, 0.5) is 14.5 Å². The molecule has 0 aliphatic carbocycles. The molecule has 0 saturated heterocycles. The van der Waals surface area contributed by atoms with Crippen molar-refractivity contribution in [2.45, 2.75) is 32.4 Å². The van der Waals surface area contributed by atoms with Gasteiger partial charge in [0.1, 0.15) is 18.1 Å². The first-order valence-corrected chi connectivity index (χ1v) is 13.1. The molecule has 0 fully saturated rings. The molecule has 1 aromatic carbocycles. The Labute approximate surface area is 177 Å². The molecule has 0 saturated carbocycles. The molecule has 3 aromatic rings. The number of halogens is 2. The maximum absolute atomic E-state index is 14.3. The largest absolute Gasteiger partial charge is 0.450 e. The first-order chi connectivity index (χ1) is 14.6. The molecule has 0 amide bonds. The van der Waals surface area contributed by atoms with Crippen molar-refractivity contribution in [1.82, 2.24) is 9.55 Å². The van der Waals surface area contributed by atoms with Crippen LogP contribution in [0, 0.1) is 21.7 Å². The van der Waals surface area contributed by atoms with E-state index in [1.54, 1.807) is 4.57 Å². The monoisotopic (exact) mass is 449 g/mol. The van der Waals surface area contributed by atoms with Crippen LogP contribution in [0.1, 0.15) is 10.4 Å². The van der Waals surface area contributed by atoms with Crippen LogP contribution in [0.15, 0.2) is 30.6 Å². The van der Waals surface area contributed by atoms with Crippen LogP contribution in [-0.2, 0) is 11.5 Å². The number of non-ortho nitro benzene ring substituents is 1. The van der Waals surface area contributed by atoms with Gasteiger partial charge in [0.05, 0.1) is 22.4 Å². The number of benzene rings is 1. The molecule has 2 heterocycles. The van der Waals surface area contributed by atoms with Gasteiger partial charge in [0.15, 0.2) is 23.7 Å². The van der Waals surface area contributed by atoms with Gasteiger partial charge < -0.3 is 14.0 Å². The number of hydrogen-bond donors (Lipinski definition) is 0. The highest BCUT2D eigenvalue weighted by molar-refractivity contribution is 6.76. The van der Waals surface area contributed by atoms with Crippen LogP contribution in [0.2, 0.25) is 25.7 Å². The highest BCUT2D eigenvalue weighted by Crippen LogP contribution is 2.35. The molecule has 11 heteroatoms. The van der Waals surface area contributed by atoms with E-state index in [0.29, 0.717) is 30.7 Å². The van der Waals surface area contributed by atoms with Crippen molar-refractivity contribution in [3.8, 4) is 11.5 Å². The fourth-order valence-electron chi connectivity index (χ4n) is 2.89. The Morgan fingerprint density at radius 3 is 2.52 bits per heavy atom. The molecule has 0 aliphatic heterocycles. The normalized spacial score (nSPS) is 11.6. The third kappa shape index (κ3) is 5.12. The van der Waals surface area contributed by atoms with Crippen molar-refractivity contribution in [1.29, 1.82) is 0 Å². The Hall–Kier alpha value is -3.18. The molecule has 0 bridgehead atoms. The van der Waals surface area contributed by atoms with Crippen LogP contribution >= 0.6 is 0 Å². The number of ether oxygens (including phenoxy) is 2. The summed E-state index contributed by atoms with van der Waals surface area (Å²) >= 11 is 0. The van der Waals surface area contributed by atoms with Gasteiger partial charge in [-0.05, 0) is 12.1 Å². The van der Waals surface area contributed by atoms with Crippen molar-refractivity contribution in [3.63, 3.8) is 0 Å². The highest BCUT2D eigenvalue weighted by Gasteiger charge is 2.22. The lowest BCUT2D eigenvalue weighted by Crippen LogP contribution is -2.22. The van der Waals surface area contributed by atoms with E-state index in [1.165, 1.54) is 18.5 Å². The van der Waals surface area contributed by atoms with Crippen molar-refractivity contribution in [3.05, 3.63) is 57.9 Å². The number of nitrogens with zero attached hydrogens (tertiary/aromatic N) is 3. The number of aromatic nitrogens is 2. The second-order valence-corrected chi connectivity index (χ2v) is 13.7. The van der Waals surface area contributed by atoms with Crippen molar-refractivity contribution in [2.75, 3.05) is 6.61 Å². The maximum atomic E-state index is 14.3. The summed E-state index contributed by atoms with van der Waals surface area (Å²) in [6.45, 7) is 7.39. The van der Waals surface area contributed by atoms with E-state index >= 15 is 0 Å². The maximum Gasteiger partial charge on any atom is 0.275 e. The van der Waals surface area contributed by atoms with Crippen LogP contribution in [0.5, 0.6) is 11.5 Å². The Morgan fingerprint density at radius 2 is 1.94 bits per heavy atom. The molecule has 0 spiro atoms. The van der Waals surface area contributed by atoms with Gasteiger partial charge in [-0.1, -0.05) is 19.6 Å². The zero-order valence-electron chi connectivity index (χ0n) is 17.2. The Bertz CT molecular complexity index is 1120. The third-order valence-electron chi connectivity index (χ3n) is 4.51. The second kappa shape index (κ2) is 8.90. The fourth-order valence-corrected chi connectivity index (χ4v) is 3.65. The summed E-state index contributed by atoms with van der Waals surface area (Å²) in [6.07, 6.45) is 3.47. The lowest BCUT2D eigenvalue weighted by molar-refractivity contribution is -0.385. The second-order valence-electron chi connectivity index (χ2n) is 8.13. The number of fused-ring (bicyclic) bond motifs is 1. The van der Waals surface area contributed by atoms with E-state index in [0.717, 1.165) is 6.04 Å². The quantitative estimate of drug-likeness (QED) is 0.148. The number of hydrogen-bond acceptors (Lipinski definition) is 6. The van der Waals surface area contributed by atoms with E-state index in [4.69, 9.17) is 9.47 Å². The van der Waals surface area contributed by atoms with Gasteiger partial charge in [0.2, 0.25) is 0 Å². The number of carbonyl (C=O) groups excluding carboxylic acids is 1. The summed E-state index contributed by atoms with van der Waals surface area (Å²) < 4.78 is 41.3. The predicted octanol–water partition coefficient (Wildman–Crippen LogP) is 5.14. The minimum absolute atomic E-state index is 0.0143. The van der Waals surface area contributed by atoms with E-state index in [1.807, 2.05) is 0 Å². The number of nitro groups is 1. The molecule has 3 rings (SSSR count). The summed E-state index contributed by atoms with van der Waals surface area (Å²) in [5.41, 5.74) is -0.192. The molecular formula is C20H21F2N3O5Si. The molecule has 164 valence electrons. The van der Waals surface area contributed by atoms with Crippen LogP contribution in [0.25, 0.3) is 11.0 Å². The lowest BCUT2D eigenvalue weighted by Gasteiger charge is -2.15. The number of carbonyl (C=O) groups is 1. The average Bonchev–Trinajstić information content (AvgIpc) is 3.06. The average molecular weight is 449 g/mol. The topological polar surface area (TPSA) is 96.5 Å². The van der Waals surface area contributed by atoms with Gasteiger partial charge in [0.25, 0.3) is 5.69 Å². The molecule has 2 aromatic heterocycles. The predicted molar refractivity (Wildman–Crippen MR) is 112 cm³/mol. The van der Waals surface area contributed by atoms with E-state index < -0.39 is 36.1 Å². The summed E-state index contributed by atoms with van der Waals surface area (Å²) in [4.78, 5) is 25.7. The van der Waals surface area contributed by atoms with Crippen molar-refractivity contribution in [2.24, 2.45) is 0 Å². The van der Waals surface area contributed by atoms with E-state index in [-0.39, 0.29) is 23.4 Å². The summed E-state index contributed by atoms with van der Waals surface area (Å²) in [6, 6.07) is 3.45. The van der Waals surface area contributed by atoms with Crippen LogP contribution in [0.3, 0.4) is 0 Å². The molecule has 31 heavy (non-hydrogen) atoms. The van der Waals surface area contributed by atoms with E-state index in [2.05, 4.69) is 24.6 Å². The molecule has 0 unspecified atom stereocenters. The minimum Gasteiger partial charge on any atom is -0.450 e. The highest BCUT2D eigenvalue weighted by atomic mass is 28.3. The van der Waals surface area contributed by atoms with Gasteiger partial charge in [-0.3, -0.25) is 14.9 Å².